The third-order valence-corrected chi connectivity index (χ3v) is 4.72. The first-order valence-electron chi connectivity index (χ1n) is 7.90. The Hall–Kier alpha value is -1.95. The van der Waals surface area contributed by atoms with Gasteiger partial charge >= 0.3 is 0 Å². The summed E-state index contributed by atoms with van der Waals surface area (Å²) in [5.41, 5.74) is 2.03. The summed E-state index contributed by atoms with van der Waals surface area (Å²) in [5, 5.41) is 3.56. The van der Waals surface area contributed by atoms with Crippen molar-refractivity contribution >= 4 is 29.5 Å². The Morgan fingerprint density at radius 2 is 2.00 bits per heavy atom. The van der Waals surface area contributed by atoms with Crippen molar-refractivity contribution in [1.29, 1.82) is 0 Å². The van der Waals surface area contributed by atoms with Crippen molar-refractivity contribution in [2.75, 3.05) is 14.1 Å². The topological polar surface area (TPSA) is 41.6 Å². The highest BCUT2D eigenvalue weighted by Gasteiger charge is 2.18. The Bertz CT molecular complexity index is 804. The van der Waals surface area contributed by atoms with Crippen molar-refractivity contribution < 1.29 is 9.53 Å². The number of hydrogen-bond acceptors (Lipinski definition) is 4. The summed E-state index contributed by atoms with van der Waals surface area (Å²) >= 11 is 7.63. The smallest absolute Gasteiger partial charge is 0.286 e. The zero-order chi connectivity index (χ0) is 17.8. The van der Waals surface area contributed by atoms with Gasteiger partial charge < -0.3 is 10.1 Å². The van der Waals surface area contributed by atoms with Gasteiger partial charge in [0.15, 0.2) is 5.76 Å². The largest absolute Gasteiger partial charge is 0.452 e. The van der Waals surface area contributed by atoms with E-state index in [9.17, 15) is 4.79 Å². The molecule has 2 aromatic carbocycles. The van der Waals surface area contributed by atoms with Gasteiger partial charge in [-0.1, -0.05) is 23.7 Å². The van der Waals surface area contributed by atoms with Gasteiger partial charge in [-0.15, -0.1) is 0 Å². The number of ether oxygens (including phenoxy) is 1. The monoisotopic (exact) mass is 374 g/mol. The van der Waals surface area contributed by atoms with E-state index >= 15 is 0 Å². The fourth-order valence-electron chi connectivity index (χ4n) is 2.46. The van der Waals surface area contributed by atoms with E-state index in [-0.39, 0.29) is 5.91 Å². The van der Waals surface area contributed by atoms with Gasteiger partial charge in [0.1, 0.15) is 5.75 Å². The number of carbonyl (C=O) groups is 1. The Morgan fingerprint density at radius 1 is 1.24 bits per heavy atom. The molecule has 2 aromatic rings. The van der Waals surface area contributed by atoms with Crippen molar-refractivity contribution in [3.8, 4) is 5.75 Å². The molecular weight excluding hydrogens is 356 g/mol. The van der Waals surface area contributed by atoms with Crippen LogP contribution in [0.2, 0.25) is 5.02 Å². The third-order valence-electron chi connectivity index (χ3n) is 3.64. The predicted octanol–water partition coefficient (Wildman–Crippen LogP) is 4.04. The fraction of sp³-hybridized carbons (Fsp3) is 0.211. The van der Waals surface area contributed by atoms with Gasteiger partial charge in [-0.3, -0.25) is 9.10 Å². The molecule has 1 aliphatic heterocycles. The van der Waals surface area contributed by atoms with E-state index in [4.69, 9.17) is 16.3 Å². The first-order chi connectivity index (χ1) is 12.0. The van der Waals surface area contributed by atoms with Crippen molar-refractivity contribution in [2.45, 2.75) is 17.9 Å². The van der Waals surface area contributed by atoms with Crippen LogP contribution in [0, 0.1) is 0 Å². The molecule has 25 heavy (non-hydrogen) atoms. The number of nitrogens with zero attached hydrogens (tertiary/aromatic N) is 1. The molecule has 4 nitrogen and oxygen atoms in total. The molecule has 0 saturated carbocycles. The van der Waals surface area contributed by atoms with Crippen molar-refractivity contribution in [3.63, 3.8) is 0 Å². The van der Waals surface area contributed by atoms with Gasteiger partial charge in [0.25, 0.3) is 5.91 Å². The van der Waals surface area contributed by atoms with Gasteiger partial charge in [-0.05, 0) is 74.4 Å². The highest BCUT2D eigenvalue weighted by Crippen LogP contribution is 2.29. The minimum absolute atomic E-state index is 0.215. The Morgan fingerprint density at radius 3 is 2.72 bits per heavy atom. The van der Waals surface area contributed by atoms with E-state index in [1.807, 2.05) is 48.7 Å². The Balaban J connectivity index is 1.56. The van der Waals surface area contributed by atoms with E-state index in [0.29, 0.717) is 29.5 Å². The highest BCUT2D eigenvalue weighted by atomic mass is 35.5. The van der Waals surface area contributed by atoms with Gasteiger partial charge in [-0.2, -0.15) is 0 Å². The standard InChI is InChI=1S/C19H19ClN2O2S/c1-22(2)25-16-7-3-13(4-8-16)12-21-19(23)18-9-5-14-11-15(20)6-10-17(14)24-18/h3-4,6-11H,5,12H2,1-2H3,(H,21,23). The number of fused-ring (bicyclic) bond motifs is 1. The van der Waals surface area contributed by atoms with E-state index in [1.54, 1.807) is 30.2 Å². The van der Waals surface area contributed by atoms with Crippen LogP contribution in [0.3, 0.4) is 0 Å². The SMILES string of the molecule is CN(C)Sc1ccc(CNC(=O)C2=CCc3cc(Cl)ccc3O2)cc1. The molecule has 0 aromatic heterocycles. The number of benzene rings is 2. The van der Waals surface area contributed by atoms with Crippen LogP contribution in [0.1, 0.15) is 11.1 Å². The second kappa shape index (κ2) is 7.95. The zero-order valence-electron chi connectivity index (χ0n) is 14.1. The lowest BCUT2D eigenvalue weighted by Gasteiger charge is -2.18. The summed E-state index contributed by atoms with van der Waals surface area (Å²) in [5.74, 6) is 0.795. The second-order valence-corrected chi connectivity index (χ2v) is 7.68. The fourth-order valence-corrected chi connectivity index (χ4v) is 3.33. The molecular formula is C19H19ClN2O2S. The molecule has 130 valence electrons. The molecule has 0 radical (unpaired) electrons. The molecule has 1 heterocycles. The summed E-state index contributed by atoms with van der Waals surface area (Å²) in [7, 11) is 4.01. The van der Waals surface area contributed by atoms with Crippen LogP contribution < -0.4 is 10.1 Å². The average Bonchev–Trinajstić information content (AvgIpc) is 2.60. The van der Waals surface area contributed by atoms with E-state index in [1.165, 1.54) is 0 Å². The quantitative estimate of drug-likeness (QED) is 0.802. The molecule has 6 heteroatoms. The number of nitrogens with one attached hydrogen (secondary N) is 1. The molecule has 0 bridgehead atoms. The van der Waals surface area contributed by atoms with E-state index in [0.717, 1.165) is 16.0 Å². The minimum Gasteiger partial charge on any atom is -0.452 e. The second-order valence-electron chi connectivity index (χ2n) is 5.86. The van der Waals surface area contributed by atoms with Gasteiger partial charge in [-0.25, -0.2) is 0 Å². The van der Waals surface area contributed by atoms with E-state index in [2.05, 4.69) is 5.32 Å². The number of amides is 1. The van der Waals surface area contributed by atoms with E-state index < -0.39 is 0 Å². The van der Waals surface area contributed by atoms with Gasteiger partial charge in [0.2, 0.25) is 0 Å². The lowest BCUT2D eigenvalue weighted by atomic mass is 10.1. The molecule has 1 amide bonds. The first kappa shape index (κ1) is 17.9. The lowest BCUT2D eigenvalue weighted by molar-refractivity contribution is -0.119. The summed E-state index contributed by atoms with van der Waals surface area (Å²) < 4.78 is 7.72. The molecule has 0 fully saturated rings. The maximum atomic E-state index is 12.3. The Labute approximate surface area is 156 Å². The third kappa shape index (κ3) is 4.78. The maximum absolute atomic E-state index is 12.3. The zero-order valence-corrected chi connectivity index (χ0v) is 15.7. The Kier molecular flexibility index (Phi) is 5.68. The molecule has 1 aliphatic rings. The lowest BCUT2D eigenvalue weighted by Crippen LogP contribution is -2.28. The molecule has 0 unspecified atom stereocenters. The highest BCUT2D eigenvalue weighted by molar-refractivity contribution is 7.97. The number of hydrogen-bond donors (Lipinski definition) is 1. The number of allylic oxidation sites excluding steroid dienone is 1. The first-order valence-corrected chi connectivity index (χ1v) is 9.05. The molecule has 3 rings (SSSR count). The van der Waals surface area contributed by atoms with Crippen LogP contribution in [0.5, 0.6) is 5.75 Å². The summed E-state index contributed by atoms with van der Waals surface area (Å²) in [6.45, 7) is 0.458. The van der Waals surface area contributed by atoms with Crippen LogP contribution in [0.25, 0.3) is 0 Å². The van der Waals surface area contributed by atoms with Crippen molar-refractivity contribution in [3.05, 3.63) is 70.4 Å². The number of rotatable bonds is 5. The van der Waals surface area contributed by atoms with Crippen molar-refractivity contribution in [2.24, 2.45) is 0 Å². The molecule has 0 aliphatic carbocycles. The maximum Gasteiger partial charge on any atom is 0.286 e. The van der Waals surface area contributed by atoms with Crippen LogP contribution in [-0.2, 0) is 17.8 Å². The number of halogens is 1. The molecule has 0 saturated heterocycles. The van der Waals surface area contributed by atoms with Crippen LogP contribution >= 0.6 is 23.5 Å². The normalized spacial score (nSPS) is 13.0. The molecule has 1 N–H and O–H groups in total. The van der Waals surface area contributed by atoms with Gasteiger partial charge in [0, 0.05) is 22.0 Å². The molecule has 0 atom stereocenters. The summed E-state index contributed by atoms with van der Waals surface area (Å²) in [6.07, 6.45) is 2.42. The predicted molar refractivity (Wildman–Crippen MR) is 102 cm³/mol. The van der Waals surface area contributed by atoms with Crippen LogP contribution in [-0.4, -0.2) is 24.3 Å². The average molecular weight is 375 g/mol. The van der Waals surface area contributed by atoms with Crippen LogP contribution in [0.4, 0.5) is 0 Å². The molecule has 0 spiro atoms. The van der Waals surface area contributed by atoms with Crippen molar-refractivity contribution in [1.82, 2.24) is 9.62 Å². The minimum atomic E-state index is -0.215. The summed E-state index contributed by atoms with van der Waals surface area (Å²) in [6, 6.07) is 13.5. The van der Waals surface area contributed by atoms with Crippen LogP contribution in [0.15, 0.2) is 59.2 Å². The number of carbonyl (C=O) groups excluding carboxylic acids is 1. The summed E-state index contributed by atoms with van der Waals surface area (Å²) in [4.78, 5) is 13.5. The van der Waals surface area contributed by atoms with Gasteiger partial charge in [0.05, 0.1) is 0 Å².